The lowest BCUT2D eigenvalue weighted by Crippen LogP contribution is -2.64. The van der Waals surface area contributed by atoms with Crippen LogP contribution in [-0.4, -0.2) is 40.5 Å². The van der Waals surface area contributed by atoms with E-state index in [-0.39, 0.29) is 11.4 Å². The fourth-order valence-corrected chi connectivity index (χ4v) is 4.94. The SMILES string of the molecule is CC1(C)C(=O)N(C2(C)CC(N3CCCCC3)C2)c2cc(Cl)cnc21. The number of pyridine rings is 1. The summed E-state index contributed by atoms with van der Waals surface area (Å²) in [6.07, 6.45) is 7.72. The Labute approximate surface area is 149 Å². The van der Waals surface area contributed by atoms with Crippen LogP contribution in [0.4, 0.5) is 5.69 Å². The van der Waals surface area contributed by atoms with E-state index in [1.54, 1.807) is 6.20 Å². The van der Waals surface area contributed by atoms with Gasteiger partial charge < -0.3 is 9.80 Å². The summed E-state index contributed by atoms with van der Waals surface area (Å²) < 4.78 is 0. The molecule has 4 nitrogen and oxygen atoms in total. The molecular formula is C19H26ClN3O. The molecule has 1 amide bonds. The highest BCUT2D eigenvalue weighted by Gasteiger charge is 2.56. The predicted molar refractivity (Wildman–Crippen MR) is 96.6 cm³/mol. The molecule has 0 radical (unpaired) electrons. The number of likely N-dealkylation sites (tertiary alicyclic amines) is 1. The van der Waals surface area contributed by atoms with Crippen LogP contribution >= 0.6 is 11.6 Å². The van der Waals surface area contributed by atoms with Crippen molar-refractivity contribution < 1.29 is 4.79 Å². The van der Waals surface area contributed by atoms with E-state index in [0.29, 0.717) is 11.1 Å². The zero-order valence-electron chi connectivity index (χ0n) is 14.8. The molecular weight excluding hydrogens is 322 g/mol. The van der Waals surface area contributed by atoms with Gasteiger partial charge >= 0.3 is 0 Å². The van der Waals surface area contributed by atoms with Gasteiger partial charge in [0.1, 0.15) is 0 Å². The Balaban J connectivity index is 1.61. The first kappa shape index (κ1) is 16.3. The van der Waals surface area contributed by atoms with E-state index < -0.39 is 5.41 Å². The maximum Gasteiger partial charge on any atom is 0.239 e. The van der Waals surface area contributed by atoms with E-state index in [2.05, 4.69) is 16.8 Å². The van der Waals surface area contributed by atoms with Gasteiger partial charge in [0.2, 0.25) is 5.91 Å². The summed E-state index contributed by atoms with van der Waals surface area (Å²) in [6.45, 7) is 8.59. The fourth-order valence-electron chi connectivity index (χ4n) is 4.79. The average Bonchev–Trinajstić information content (AvgIpc) is 2.72. The van der Waals surface area contributed by atoms with Crippen LogP contribution in [0.3, 0.4) is 0 Å². The summed E-state index contributed by atoms with van der Waals surface area (Å²) in [5.74, 6) is 0.159. The molecule has 0 N–H and O–H groups in total. The molecule has 3 aliphatic rings. The van der Waals surface area contributed by atoms with Crippen molar-refractivity contribution in [2.75, 3.05) is 18.0 Å². The van der Waals surface area contributed by atoms with E-state index in [0.717, 1.165) is 24.2 Å². The zero-order valence-corrected chi connectivity index (χ0v) is 15.6. The number of aromatic nitrogens is 1. The van der Waals surface area contributed by atoms with E-state index in [1.807, 2.05) is 24.8 Å². The van der Waals surface area contributed by atoms with Crippen LogP contribution < -0.4 is 4.90 Å². The molecule has 130 valence electrons. The monoisotopic (exact) mass is 347 g/mol. The van der Waals surface area contributed by atoms with Crippen LogP contribution in [0.5, 0.6) is 0 Å². The zero-order chi connectivity index (χ0) is 17.1. The minimum absolute atomic E-state index is 0.117. The van der Waals surface area contributed by atoms with Gasteiger partial charge in [-0.3, -0.25) is 9.78 Å². The molecule has 5 heteroatoms. The average molecular weight is 348 g/mol. The lowest BCUT2D eigenvalue weighted by molar-refractivity contribution is -0.124. The van der Waals surface area contributed by atoms with Gasteiger partial charge in [0.15, 0.2) is 0 Å². The van der Waals surface area contributed by atoms with Crippen molar-refractivity contribution in [1.29, 1.82) is 0 Å². The number of halogens is 1. The number of carbonyl (C=O) groups is 1. The fraction of sp³-hybridized carbons (Fsp3) is 0.684. The van der Waals surface area contributed by atoms with Crippen molar-refractivity contribution in [3.8, 4) is 0 Å². The standard InChI is InChI=1S/C19H26ClN3O/c1-18(2)16-15(9-13(20)12-21-16)23(17(18)24)19(3)10-14(11-19)22-7-5-4-6-8-22/h9,12,14H,4-8,10-11H2,1-3H3. The van der Waals surface area contributed by atoms with Crippen molar-refractivity contribution in [2.24, 2.45) is 0 Å². The van der Waals surface area contributed by atoms with Gasteiger partial charge in [0.05, 0.1) is 21.8 Å². The maximum atomic E-state index is 13.1. The van der Waals surface area contributed by atoms with Crippen LogP contribution in [0.1, 0.15) is 58.6 Å². The molecule has 0 spiro atoms. The van der Waals surface area contributed by atoms with E-state index in [9.17, 15) is 4.79 Å². The van der Waals surface area contributed by atoms with Gasteiger partial charge in [-0.1, -0.05) is 18.0 Å². The van der Waals surface area contributed by atoms with Crippen molar-refractivity contribution in [2.45, 2.75) is 69.9 Å². The Hall–Kier alpha value is -1.13. The number of piperidine rings is 1. The van der Waals surface area contributed by atoms with Crippen LogP contribution in [0.15, 0.2) is 12.3 Å². The number of fused-ring (bicyclic) bond motifs is 1. The molecule has 1 aliphatic carbocycles. The second-order valence-electron chi connectivity index (χ2n) is 8.44. The summed E-state index contributed by atoms with van der Waals surface area (Å²) >= 11 is 6.18. The number of anilines is 1. The van der Waals surface area contributed by atoms with E-state index in [1.165, 1.54) is 32.4 Å². The molecule has 24 heavy (non-hydrogen) atoms. The van der Waals surface area contributed by atoms with Crippen LogP contribution in [0, 0.1) is 0 Å². The van der Waals surface area contributed by atoms with Crippen molar-refractivity contribution >= 4 is 23.2 Å². The smallest absolute Gasteiger partial charge is 0.239 e. The molecule has 2 aliphatic heterocycles. The summed E-state index contributed by atoms with van der Waals surface area (Å²) in [7, 11) is 0. The van der Waals surface area contributed by atoms with E-state index >= 15 is 0 Å². The summed E-state index contributed by atoms with van der Waals surface area (Å²) in [5.41, 5.74) is 1.09. The molecule has 1 aromatic heterocycles. The Kier molecular flexibility index (Phi) is 3.70. The highest BCUT2D eigenvalue weighted by atomic mass is 35.5. The van der Waals surface area contributed by atoms with Gasteiger partial charge in [0.25, 0.3) is 0 Å². The Morgan fingerprint density at radius 2 is 1.83 bits per heavy atom. The Bertz CT molecular complexity index is 675. The third-order valence-corrected chi connectivity index (χ3v) is 6.41. The quantitative estimate of drug-likeness (QED) is 0.817. The van der Waals surface area contributed by atoms with Crippen LogP contribution in [-0.2, 0) is 10.2 Å². The van der Waals surface area contributed by atoms with Crippen LogP contribution in [0.25, 0.3) is 0 Å². The molecule has 2 fully saturated rings. The first-order chi connectivity index (χ1) is 11.3. The van der Waals surface area contributed by atoms with Gasteiger partial charge in [-0.05, 0) is 65.6 Å². The highest BCUT2D eigenvalue weighted by molar-refractivity contribution is 6.31. The third kappa shape index (κ3) is 2.30. The van der Waals surface area contributed by atoms with E-state index in [4.69, 9.17) is 11.6 Å². The van der Waals surface area contributed by atoms with Crippen molar-refractivity contribution in [3.05, 3.63) is 23.0 Å². The molecule has 1 saturated carbocycles. The predicted octanol–water partition coefficient (Wildman–Crippen LogP) is 3.77. The lowest BCUT2D eigenvalue weighted by Gasteiger charge is -2.55. The minimum atomic E-state index is -0.570. The third-order valence-electron chi connectivity index (χ3n) is 6.20. The summed E-state index contributed by atoms with van der Waals surface area (Å²) in [6, 6.07) is 2.53. The number of amides is 1. The Morgan fingerprint density at radius 3 is 2.50 bits per heavy atom. The maximum absolute atomic E-state index is 13.1. The molecule has 1 saturated heterocycles. The van der Waals surface area contributed by atoms with Crippen molar-refractivity contribution in [3.63, 3.8) is 0 Å². The number of rotatable bonds is 2. The van der Waals surface area contributed by atoms with Crippen LogP contribution in [0.2, 0.25) is 5.02 Å². The highest BCUT2D eigenvalue weighted by Crippen LogP contribution is 2.51. The number of hydrogen-bond donors (Lipinski definition) is 0. The Morgan fingerprint density at radius 1 is 1.17 bits per heavy atom. The molecule has 1 aromatic rings. The lowest BCUT2D eigenvalue weighted by atomic mass is 9.71. The van der Waals surface area contributed by atoms with Gasteiger partial charge in [0, 0.05) is 17.8 Å². The minimum Gasteiger partial charge on any atom is -0.304 e. The normalized spacial score (nSPS) is 32.6. The second kappa shape index (κ2) is 5.43. The first-order valence-corrected chi connectivity index (χ1v) is 9.45. The molecule has 0 atom stereocenters. The first-order valence-electron chi connectivity index (χ1n) is 9.08. The largest absolute Gasteiger partial charge is 0.304 e. The summed E-state index contributed by atoms with van der Waals surface area (Å²) in [5, 5.41) is 0.597. The number of nitrogens with zero attached hydrogens (tertiary/aromatic N) is 3. The van der Waals surface area contributed by atoms with Crippen molar-refractivity contribution in [1.82, 2.24) is 9.88 Å². The number of hydrogen-bond acceptors (Lipinski definition) is 3. The second-order valence-corrected chi connectivity index (χ2v) is 8.88. The van der Waals surface area contributed by atoms with Gasteiger partial charge in [-0.15, -0.1) is 0 Å². The molecule has 0 unspecified atom stereocenters. The molecule has 0 bridgehead atoms. The molecule has 0 aromatic carbocycles. The molecule has 4 rings (SSSR count). The van der Waals surface area contributed by atoms with Gasteiger partial charge in [-0.2, -0.15) is 0 Å². The molecule has 3 heterocycles. The summed E-state index contributed by atoms with van der Waals surface area (Å²) in [4.78, 5) is 22.3. The topological polar surface area (TPSA) is 36.4 Å². The number of carbonyl (C=O) groups excluding carboxylic acids is 1. The van der Waals surface area contributed by atoms with Gasteiger partial charge in [-0.25, -0.2) is 0 Å².